The molecule has 2 saturated carbocycles. The fraction of sp³-hybridized carbons (Fsp3) is 0.619. The van der Waals surface area contributed by atoms with Crippen molar-refractivity contribution in [2.24, 2.45) is 23.2 Å². The third-order valence-corrected chi connectivity index (χ3v) is 7.14. The monoisotopic (exact) mass is 312 g/mol. The Labute approximate surface area is 139 Å². The normalized spacial score (nSPS) is 41.8. The van der Waals surface area contributed by atoms with Crippen LogP contribution in [-0.2, 0) is 6.42 Å². The molecule has 2 nitrogen and oxygen atoms in total. The van der Waals surface area contributed by atoms with Crippen LogP contribution in [0, 0.1) is 23.2 Å². The van der Waals surface area contributed by atoms with Crippen LogP contribution in [0.15, 0.2) is 30.4 Å². The van der Waals surface area contributed by atoms with Gasteiger partial charge in [0.15, 0.2) is 0 Å². The molecule has 3 aliphatic rings. The number of aliphatic hydroxyl groups excluding tert-OH is 1. The van der Waals surface area contributed by atoms with Crippen LogP contribution in [0.1, 0.15) is 56.6 Å². The first-order chi connectivity index (χ1) is 10.9. The Hall–Kier alpha value is -1.28. The average Bonchev–Trinajstić information content (AvgIpc) is 2.79. The van der Waals surface area contributed by atoms with Gasteiger partial charge in [-0.2, -0.15) is 0 Å². The molecule has 23 heavy (non-hydrogen) atoms. The Morgan fingerprint density at radius 1 is 1.35 bits per heavy atom. The van der Waals surface area contributed by atoms with Crippen LogP contribution in [0.4, 0.5) is 0 Å². The number of fused-ring (bicyclic) bond motifs is 5. The zero-order valence-corrected chi connectivity index (χ0v) is 14.3. The zero-order chi connectivity index (χ0) is 16.4. The lowest BCUT2D eigenvalue weighted by Crippen LogP contribution is -2.44. The quantitative estimate of drug-likeness (QED) is 0.754. The molecule has 0 spiro atoms. The van der Waals surface area contributed by atoms with Gasteiger partial charge in [0, 0.05) is 0 Å². The van der Waals surface area contributed by atoms with Crippen LogP contribution in [0.25, 0.3) is 0 Å². The molecule has 1 aromatic rings. The summed E-state index contributed by atoms with van der Waals surface area (Å²) in [6.45, 7) is 8.85. The van der Waals surface area contributed by atoms with E-state index >= 15 is 0 Å². The van der Waals surface area contributed by atoms with Gasteiger partial charge < -0.3 is 10.2 Å². The maximum Gasteiger partial charge on any atom is 0.115 e. The fourth-order valence-electron chi connectivity index (χ4n) is 6.15. The van der Waals surface area contributed by atoms with Gasteiger partial charge in [-0.15, -0.1) is 0 Å². The van der Waals surface area contributed by atoms with E-state index in [0.29, 0.717) is 34.8 Å². The van der Waals surface area contributed by atoms with E-state index in [-0.39, 0.29) is 6.10 Å². The highest BCUT2D eigenvalue weighted by Gasteiger charge is 2.55. The SMILES string of the molecule is C=C(C)[C@H]1Cc2cc(O)ccc2[C@H]2CC[C@]3(C)C[C@@H](O)C[C@H]3[C@H]12. The van der Waals surface area contributed by atoms with Gasteiger partial charge in [0.25, 0.3) is 0 Å². The molecule has 0 heterocycles. The predicted octanol–water partition coefficient (Wildman–Crippen LogP) is 4.41. The van der Waals surface area contributed by atoms with Gasteiger partial charge >= 0.3 is 0 Å². The summed E-state index contributed by atoms with van der Waals surface area (Å²) in [5, 5.41) is 20.2. The van der Waals surface area contributed by atoms with Crippen molar-refractivity contribution in [1.82, 2.24) is 0 Å². The molecule has 124 valence electrons. The maximum atomic E-state index is 10.3. The Balaban J connectivity index is 1.80. The number of allylic oxidation sites excluding steroid dienone is 1. The number of phenols is 1. The molecule has 0 amide bonds. The second-order valence-electron chi connectivity index (χ2n) is 8.62. The average molecular weight is 312 g/mol. The van der Waals surface area contributed by atoms with E-state index < -0.39 is 0 Å². The third-order valence-electron chi connectivity index (χ3n) is 7.14. The number of benzene rings is 1. The number of hydrogen-bond acceptors (Lipinski definition) is 2. The first kappa shape index (κ1) is 15.3. The van der Waals surface area contributed by atoms with Gasteiger partial charge in [0.05, 0.1) is 6.10 Å². The van der Waals surface area contributed by atoms with Crippen molar-refractivity contribution >= 4 is 0 Å². The predicted molar refractivity (Wildman–Crippen MR) is 92.4 cm³/mol. The minimum atomic E-state index is -0.129. The Kier molecular flexibility index (Phi) is 3.39. The van der Waals surface area contributed by atoms with E-state index in [2.05, 4.69) is 26.5 Å². The molecule has 0 radical (unpaired) electrons. The molecule has 0 unspecified atom stereocenters. The molecule has 0 aliphatic heterocycles. The lowest BCUT2D eigenvalue weighted by molar-refractivity contribution is 0.0362. The molecule has 2 N–H and O–H groups in total. The van der Waals surface area contributed by atoms with Gasteiger partial charge in [-0.25, -0.2) is 0 Å². The summed E-state index contributed by atoms with van der Waals surface area (Å²) in [5.41, 5.74) is 4.30. The molecule has 0 saturated heterocycles. The van der Waals surface area contributed by atoms with Crippen LogP contribution >= 0.6 is 0 Å². The topological polar surface area (TPSA) is 40.5 Å². The summed E-state index contributed by atoms with van der Waals surface area (Å²) in [6, 6.07) is 5.94. The van der Waals surface area contributed by atoms with Crippen LogP contribution < -0.4 is 0 Å². The minimum Gasteiger partial charge on any atom is -0.508 e. The van der Waals surface area contributed by atoms with Crippen molar-refractivity contribution in [3.05, 3.63) is 41.5 Å². The molecule has 0 bridgehead atoms. The van der Waals surface area contributed by atoms with Crippen LogP contribution in [-0.4, -0.2) is 16.3 Å². The second-order valence-corrected chi connectivity index (χ2v) is 8.62. The number of aromatic hydroxyl groups is 1. The highest BCUT2D eigenvalue weighted by atomic mass is 16.3. The third kappa shape index (κ3) is 2.26. The summed E-state index contributed by atoms with van der Waals surface area (Å²) < 4.78 is 0. The van der Waals surface area contributed by atoms with E-state index in [1.54, 1.807) is 0 Å². The molecule has 3 aliphatic carbocycles. The van der Waals surface area contributed by atoms with Gasteiger partial charge in [-0.05, 0) is 91.4 Å². The van der Waals surface area contributed by atoms with Crippen molar-refractivity contribution in [1.29, 1.82) is 0 Å². The number of hydrogen-bond donors (Lipinski definition) is 2. The Bertz CT molecular complexity index is 649. The lowest BCUT2D eigenvalue weighted by atomic mass is 9.52. The minimum absolute atomic E-state index is 0.129. The number of aliphatic hydroxyl groups is 1. The summed E-state index contributed by atoms with van der Waals surface area (Å²) in [6.07, 6.45) is 5.19. The smallest absolute Gasteiger partial charge is 0.115 e. The summed E-state index contributed by atoms with van der Waals surface area (Å²) in [4.78, 5) is 0. The second kappa shape index (κ2) is 5.11. The van der Waals surface area contributed by atoms with Crippen molar-refractivity contribution in [3.63, 3.8) is 0 Å². The first-order valence-corrected chi connectivity index (χ1v) is 9.04. The Morgan fingerprint density at radius 3 is 2.87 bits per heavy atom. The van der Waals surface area contributed by atoms with E-state index in [4.69, 9.17) is 0 Å². The van der Waals surface area contributed by atoms with Crippen LogP contribution in [0.2, 0.25) is 0 Å². The highest BCUT2D eigenvalue weighted by Crippen LogP contribution is 2.62. The molecule has 2 fully saturated rings. The van der Waals surface area contributed by atoms with Crippen molar-refractivity contribution < 1.29 is 10.2 Å². The van der Waals surface area contributed by atoms with Crippen molar-refractivity contribution in [2.45, 2.75) is 58.0 Å². The molecule has 4 rings (SSSR count). The molecule has 6 atom stereocenters. The first-order valence-electron chi connectivity index (χ1n) is 9.04. The van der Waals surface area contributed by atoms with E-state index in [1.165, 1.54) is 29.5 Å². The largest absolute Gasteiger partial charge is 0.508 e. The summed E-state index contributed by atoms with van der Waals surface area (Å²) in [7, 11) is 0. The van der Waals surface area contributed by atoms with Crippen LogP contribution in [0.3, 0.4) is 0 Å². The van der Waals surface area contributed by atoms with E-state index in [0.717, 1.165) is 19.3 Å². The van der Waals surface area contributed by atoms with Gasteiger partial charge in [-0.3, -0.25) is 0 Å². The lowest BCUT2D eigenvalue weighted by Gasteiger charge is -2.52. The van der Waals surface area contributed by atoms with Gasteiger partial charge in [0.2, 0.25) is 0 Å². The highest BCUT2D eigenvalue weighted by molar-refractivity contribution is 5.41. The number of rotatable bonds is 1. The standard InChI is InChI=1S/C21H28O2/c1-12(2)18-9-13-8-14(22)4-5-16(13)17-6-7-21(3)11-15(23)10-19(21)20(17)18/h4-5,8,15,17-20,22-23H,1,6-7,9-11H2,2-3H3/t15-,17+,18+,19-,20-,21+/m0/s1. The van der Waals surface area contributed by atoms with Crippen molar-refractivity contribution in [3.8, 4) is 5.75 Å². The molecular weight excluding hydrogens is 284 g/mol. The van der Waals surface area contributed by atoms with Gasteiger partial charge in [-0.1, -0.05) is 25.1 Å². The fourth-order valence-corrected chi connectivity index (χ4v) is 6.15. The zero-order valence-electron chi connectivity index (χ0n) is 14.3. The van der Waals surface area contributed by atoms with Gasteiger partial charge in [0.1, 0.15) is 5.75 Å². The molecule has 0 aromatic heterocycles. The summed E-state index contributed by atoms with van der Waals surface area (Å²) >= 11 is 0. The van der Waals surface area contributed by atoms with Crippen LogP contribution in [0.5, 0.6) is 5.75 Å². The summed E-state index contributed by atoms with van der Waals surface area (Å²) in [5.74, 6) is 2.61. The molecule has 1 aromatic carbocycles. The molecule has 2 heteroatoms. The Morgan fingerprint density at radius 2 is 2.13 bits per heavy atom. The van der Waals surface area contributed by atoms with E-state index in [1.807, 2.05) is 12.1 Å². The molecular formula is C21H28O2. The maximum absolute atomic E-state index is 10.3. The van der Waals surface area contributed by atoms with E-state index in [9.17, 15) is 10.2 Å². The van der Waals surface area contributed by atoms with Crippen molar-refractivity contribution in [2.75, 3.05) is 0 Å². The number of phenolic OH excluding ortho intramolecular Hbond substituents is 1.